The van der Waals surface area contributed by atoms with Crippen LogP contribution in [0, 0.1) is 0 Å². The van der Waals surface area contributed by atoms with Gasteiger partial charge in [0.1, 0.15) is 5.82 Å². The van der Waals surface area contributed by atoms with Crippen molar-refractivity contribution in [3.05, 3.63) is 59.8 Å². The van der Waals surface area contributed by atoms with E-state index in [0.29, 0.717) is 18.7 Å². The Morgan fingerprint density at radius 1 is 1.10 bits per heavy atom. The summed E-state index contributed by atoms with van der Waals surface area (Å²) in [5.41, 5.74) is 1.55. The maximum Gasteiger partial charge on any atom is 0.339 e. The van der Waals surface area contributed by atoms with Crippen LogP contribution in [0.4, 0.5) is 5.82 Å². The number of carbonyl (C=O) groups excluding carboxylic acids is 2. The van der Waals surface area contributed by atoms with Crippen molar-refractivity contribution >= 4 is 17.7 Å². The fourth-order valence-electron chi connectivity index (χ4n) is 3.35. The monoisotopic (exact) mass is 396 g/mol. The molecule has 154 valence electrons. The Bertz CT molecular complexity index is 803. The molecule has 1 unspecified atom stereocenters. The summed E-state index contributed by atoms with van der Waals surface area (Å²) in [4.78, 5) is 33.0. The molecule has 0 spiro atoms. The van der Waals surface area contributed by atoms with E-state index in [1.807, 2.05) is 43.3 Å². The highest BCUT2D eigenvalue weighted by molar-refractivity contribution is 5.89. The van der Waals surface area contributed by atoms with Crippen molar-refractivity contribution in [1.82, 2.24) is 15.2 Å². The Balaban J connectivity index is 1.48. The number of hydrogen-bond donors (Lipinski definition) is 1. The molecule has 1 N–H and O–H groups in total. The molecule has 29 heavy (non-hydrogen) atoms. The molecular weight excluding hydrogens is 368 g/mol. The number of piperazine rings is 1. The zero-order valence-electron chi connectivity index (χ0n) is 17.0. The Morgan fingerprint density at radius 3 is 2.45 bits per heavy atom. The highest BCUT2D eigenvalue weighted by atomic mass is 16.5. The maximum atomic E-state index is 12.5. The van der Waals surface area contributed by atoms with E-state index in [4.69, 9.17) is 4.74 Å². The van der Waals surface area contributed by atoms with Gasteiger partial charge in [-0.1, -0.05) is 30.3 Å². The first-order chi connectivity index (χ1) is 14.1. The summed E-state index contributed by atoms with van der Waals surface area (Å²) < 4.78 is 4.99. The zero-order valence-corrected chi connectivity index (χ0v) is 17.0. The van der Waals surface area contributed by atoms with Crippen molar-refractivity contribution in [3.63, 3.8) is 0 Å². The number of rotatable bonds is 7. The van der Waals surface area contributed by atoms with Gasteiger partial charge in [-0.3, -0.25) is 9.69 Å². The minimum absolute atomic E-state index is 0.0409. The summed E-state index contributed by atoms with van der Waals surface area (Å²) in [5.74, 6) is 0.518. The molecule has 0 aliphatic carbocycles. The molecule has 0 bridgehead atoms. The van der Waals surface area contributed by atoms with Crippen LogP contribution in [0.1, 0.15) is 29.8 Å². The molecule has 2 aromatic rings. The summed E-state index contributed by atoms with van der Waals surface area (Å²) in [7, 11) is 0. The number of benzene rings is 1. The van der Waals surface area contributed by atoms with Crippen molar-refractivity contribution in [2.24, 2.45) is 0 Å². The standard InChI is InChI=1S/C22H28N4O3/c1-3-29-22(28)19-9-10-20(23-16-19)26-13-11-25(12-14-26)17(2)21(27)24-15-18-7-5-4-6-8-18/h4-10,16-17H,3,11-15H2,1-2H3,(H,24,27). The van der Waals surface area contributed by atoms with Crippen LogP contribution in [0.5, 0.6) is 0 Å². The number of amides is 1. The van der Waals surface area contributed by atoms with Gasteiger partial charge in [0.15, 0.2) is 0 Å². The normalized spacial score (nSPS) is 15.6. The molecule has 1 amide bonds. The number of anilines is 1. The van der Waals surface area contributed by atoms with Crippen LogP contribution < -0.4 is 10.2 Å². The fourth-order valence-corrected chi connectivity index (χ4v) is 3.35. The van der Waals surface area contributed by atoms with Crippen molar-refractivity contribution in [2.45, 2.75) is 26.4 Å². The molecule has 1 aliphatic rings. The number of esters is 1. The maximum absolute atomic E-state index is 12.5. The molecule has 1 atom stereocenters. The van der Waals surface area contributed by atoms with Gasteiger partial charge in [-0.15, -0.1) is 0 Å². The third-order valence-electron chi connectivity index (χ3n) is 5.13. The third kappa shape index (κ3) is 5.54. The lowest BCUT2D eigenvalue weighted by atomic mass is 10.2. The number of nitrogens with one attached hydrogen (secondary N) is 1. The van der Waals surface area contributed by atoms with Crippen LogP contribution in [0.25, 0.3) is 0 Å². The van der Waals surface area contributed by atoms with Crippen LogP contribution in [0.3, 0.4) is 0 Å². The Hall–Kier alpha value is -2.93. The van der Waals surface area contributed by atoms with E-state index in [-0.39, 0.29) is 17.9 Å². The highest BCUT2D eigenvalue weighted by Gasteiger charge is 2.26. The second-order valence-electron chi connectivity index (χ2n) is 7.03. The Kier molecular flexibility index (Phi) is 7.19. The molecule has 0 saturated carbocycles. The van der Waals surface area contributed by atoms with Crippen molar-refractivity contribution < 1.29 is 14.3 Å². The summed E-state index contributed by atoms with van der Waals surface area (Å²) in [6.07, 6.45) is 1.55. The van der Waals surface area contributed by atoms with Gasteiger partial charge in [0.25, 0.3) is 0 Å². The number of pyridine rings is 1. The topological polar surface area (TPSA) is 74.8 Å². The zero-order chi connectivity index (χ0) is 20.6. The van der Waals surface area contributed by atoms with E-state index in [1.54, 1.807) is 19.2 Å². The molecule has 1 saturated heterocycles. The number of nitrogens with zero attached hydrogens (tertiary/aromatic N) is 3. The van der Waals surface area contributed by atoms with Crippen molar-refractivity contribution in [1.29, 1.82) is 0 Å². The molecule has 7 nitrogen and oxygen atoms in total. The minimum atomic E-state index is -0.355. The van der Waals surface area contributed by atoms with Gasteiger partial charge >= 0.3 is 5.97 Å². The van der Waals surface area contributed by atoms with Gasteiger partial charge in [0.05, 0.1) is 18.2 Å². The molecular formula is C22H28N4O3. The SMILES string of the molecule is CCOC(=O)c1ccc(N2CCN(C(C)C(=O)NCc3ccccc3)CC2)nc1. The fraction of sp³-hybridized carbons (Fsp3) is 0.409. The first-order valence-corrected chi connectivity index (χ1v) is 10.0. The number of hydrogen-bond acceptors (Lipinski definition) is 6. The second kappa shape index (κ2) is 10.0. The summed E-state index contributed by atoms with van der Waals surface area (Å²) in [5, 5.41) is 3.02. The van der Waals surface area contributed by atoms with Gasteiger partial charge < -0.3 is 15.0 Å². The molecule has 2 heterocycles. The average Bonchev–Trinajstić information content (AvgIpc) is 2.78. The molecule has 1 aromatic carbocycles. The number of carbonyl (C=O) groups is 2. The Morgan fingerprint density at radius 2 is 1.83 bits per heavy atom. The summed E-state index contributed by atoms with van der Waals surface area (Å²) in [6, 6.07) is 13.3. The van der Waals surface area contributed by atoms with E-state index >= 15 is 0 Å². The lowest BCUT2D eigenvalue weighted by Crippen LogP contribution is -2.54. The molecule has 1 aromatic heterocycles. The van der Waals surface area contributed by atoms with Gasteiger partial charge in [-0.25, -0.2) is 9.78 Å². The largest absolute Gasteiger partial charge is 0.462 e. The lowest BCUT2D eigenvalue weighted by Gasteiger charge is -2.38. The molecule has 3 rings (SSSR count). The first kappa shape index (κ1) is 20.8. The molecule has 7 heteroatoms. The number of aromatic nitrogens is 1. The second-order valence-corrected chi connectivity index (χ2v) is 7.03. The Labute approximate surface area is 171 Å². The van der Waals surface area contributed by atoms with Gasteiger partial charge in [-0.05, 0) is 31.5 Å². The third-order valence-corrected chi connectivity index (χ3v) is 5.13. The van der Waals surface area contributed by atoms with Crippen molar-refractivity contribution in [3.8, 4) is 0 Å². The van der Waals surface area contributed by atoms with Crippen LogP contribution in [0.2, 0.25) is 0 Å². The molecule has 1 aliphatic heterocycles. The van der Waals surface area contributed by atoms with Crippen LogP contribution in [-0.4, -0.2) is 60.6 Å². The highest BCUT2D eigenvalue weighted by Crippen LogP contribution is 2.16. The van der Waals surface area contributed by atoms with Crippen LogP contribution in [-0.2, 0) is 16.1 Å². The average molecular weight is 396 g/mol. The van der Waals surface area contributed by atoms with Crippen LogP contribution in [0.15, 0.2) is 48.7 Å². The van der Waals surface area contributed by atoms with Gasteiger partial charge in [0, 0.05) is 38.9 Å². The van der Waals surface area contributed by atoms with E-state index in [2.05, 4.69) is 20.1 Å². The molecule has 0 radical (unpaired) electrons. The van der Waals surface area contributed by atoms with E-state index < -0.39 is 0 Å². The summed E-state index contributed by atoms with van der Waals surface area (Å²) in [6.45, 7) is 7.73. The number of ether oxygens (including phenoxy) is 1. The predicted molar refractivity (Wildman–Crippen MR) is 112 cm³/mol. The van der Waals surface area contributed by atoms with Gasteiger partial charge in [0.2, 0.25) is 5.91 Å². The van der Waals surface area contributed by atoms with E-state index in [1.165, 1.54) is 0 Å². The van der Waals surface area contributed by atoms with Crippen LogP contribution >= 0.6 is 0 Å². The predicted octanol–water partition coefficient (Wildman–Crippen LogP) is 2.09. The first-order valence-electron chi connectivity index (χ1n) is 10.0. The summed E-state index contributed by atoms with van der Waals surface area (Å²) >= 11 is 0. The molecule has 1 fully saturated rings. The van der Waals surface area contributed by atoms with Crippen molar-refractivity contribution in [2.75, 3.05) is 37.7 Å². The lowest BCUT2D eigenvalue weighted by molar-refractivity contribution is -0.126. The van der Waals surface area contributed by atoms with E-state index in [0.717, 1.165) is 37.6 Å². The van der Waals surface area contributed by atoms with Gasteiger partial charge in [-0.2, -0.15) is 0 Å². The smallest absolute Gasteiger partial charge is 0.339 e. The minimum Gasteiger partial charge on any atom is -0.462 e. The van der Waals surface area contributed by atoms with E-state index in [9.17, 15) is 9.59 Å². The quantitative estimate of drug-likeness (QED) is 0.723.